The van der Waals surface area contributed by atoms with Crippen LogP contribution in [-0.2, 0) is 41.5 Å². The van der Waals surface area contributed by atoms with Crippen molar-refractivity contribution in [3.63, 3.8) is 0 Å². The van der Waals surface area contributed by atoms with Crippen molar-refractivity contribution in [2.75, 3.05) is 0 Å². The van der Waals surface area contributed by atoms with Crippen molar-refractivity contribution in [1.29, 1.82) is 0 Å². The molecule has 0 saturated heterocycles. The van der Waals surface area contributed by atoms with Gasteiger partial charge in [-0.15, -0.1) is 22.3 Å². The Balaban J connectivity index is 0.000000417. The number of hydrogen-bond donors (Lipinski definition) is 0. The molecule has 3 heteroatoms. The van der Waals surface area contributed by atoms with Crippen molar-refractivity contribution in [1.82, 2.24) is 0 Å². The zero-order valence-corrected chi connectivity index (χ0v) is 26.2. The van der Waals surface area contributed by atoms with E-state index in [1.54, 1.807) is 27.4 Å². The van der Waals surface area contributed by atoms with Crippen LogP contribution in [0, 0.1) is 6.07 Å². The molecule has 1 saturated carbocycles. The van der Waals surface area contributed by atoms with Crippen LogP contribution in [0.15, 0.2) is 42.5 Å². The van der Waals surface area contributed by atoms with E-state index >= 15 is 0 Å². The molecule has 0 nitrogen and oxygen atoms in total. The van der Waals surface area contributed by atoms with Crippen molar-refractivity contribution in [2.45, 2.75) is 97.3 Å². The number of benzene rings is 2. The fourth-order valence-corrected chi connectivity index (χ4v) is 5.97. The Labute approximate surface area is 241 Å². The SMILES string of the molecule is CC(C)(C)c1ccc2c(c1)Cc1[c-]c(C(C)(C)C)c(C3=CC=CC3)cc1-2.[Cl-].[Cl-].[Zr+2]=[C]1CCCCC1. The fourth-order valence-electron chi connectivity index (χ4n) is 5.10. The fraction of sp³-hybridized carbons (Fsp3) is 0.469. The summed E-state index contributed by atoms with van der Waals surface area (Å²) in [6.07, 6.45) is 16.1. The molecule has 186 valence electrons. The molecule has 0 aliphatic heterocycles. The molecule has 0 heterocycles. The molecule has 35 heavy (non-hydrogen) atoms. The average Bonchev–Trinajstić information content (AvgIpc) is 3.40. The van der Waals surface area contributed by atoms with Crippen LogP contribution in [0.2, 0.25) is 0 Å². The number of rotatable bonds is 1. The second kappa shape index (κ2) is 12.2. The molecule has 0 radical (unpaired) electrons. The summed E-state index contributed by atoms with van der Waals surface area (Å²) in [5, 5.41) is 0. The summed E-state index contributed by atoms with van der Waals surface area (Å²) in [6, 6.07) is 13.3. The van der Waals surface area contributed by atoms with E-state index in [1.807, 2.05) is 0 Å². The summed E-state index contributed by atoms with van der Waals surface area (Å²) in [6.45, 7) is 13.8. The van der Waals surface area contributed by atoms with Gasteiger partial charge >= 0.3 is 59.5 Å². The first kappa shape index (κ1) is 30.5. The third kappa shape index (κ3) is 7.18. The van der Waals surface area contributed by atoms with Gasteiger partial charge in [-0.1, -0.05) is 89.1 Å². The molecular weight excluding hydrogens is 546 g/mol. The molecule has 2 aromatic carbocycles. The summed E-state index contributed by atoms with van der Waals surface area (Å²) < 4.78 is 1.80. The van der Waals surface area contributed by atoms with Gasteiger partial charge in [0.25, 0.3) is 0 Å². The van der Waals surface area contributed by atoms with Crippen LogP contribution in [-0.4, -0.2) is 3.21 Å². The van der Waals surface area contributed by atoms with Crippen LogP contribution in [0.1, 0.15) is 108 Å². The number of hydrogen-bond acceptors (Lipinski definition) is 0. The molecule has 1 fully saturated rings. The van der Waals surface area contributed by atoms with Crippen LogP contribution in [0.25, 0.3) is 16.7 Å². The molecule has 0 unspecified atom stereocenters. The van der Waals surface area contributed by atoms with Crippen LogP contribution >= 0.6 is 0 Å². The molecule has 0 amide bonds. The molecule has 0 N–H and O–H groups in total. The number of halogens is 2. The predicted octanol–water partition coefficient (Wildman–Crippen LogP) is 2.67. The summed E-state index contributed by atoms with van der Waals surface area (Å²) in [5.41, 5.74) is 11.5. The monoisotopic (exact) mass is 583 g/mol. The molecule has 5 rings (SSSR count). The third-order valence-electron chi connectivity index (χ3n) is 7.11. The van der Waals surface area contributed by atoms with E-state index in [0.29, 0.717) is 0 Å². The van der Waals surface area contributed by atoms with Gasteiger partial charge in [0.15, 0.2) is 0 Å². The van der Waals surface area contributed by atoms with Gasteiger partial charge in [0.1, 0.15) is 0 Å². The van der Waals surface area contributed by atoms with Crippen LogP contribution in [0.5, 0.6) is 0 Å². The minimum atomic E-state index is 0. The van der Waals surface area contributed by atoms with Crippen LogP contribution in [0.4, 0.5) is 0 Å². The maximum absolute atomic E-state index is 3.85. The van der Waals surface area contributed by atoms with E-state index in [9.17, 15) is 0 Å². The van der Waals surface area contributed by atoms with Gasteiger partial charge in [-0.2, -0.15) is 12.1 Å². The third-order valence-corrected chi connectivity index (χ3v) is 8.34. The van der Waals surface area contributed by atoms with Gasteiger partial charge in [-0.3, -0.25) is 0 Å². The molecule has 3 aliphatic rings. The Morgan fingerprint density at radius 1 is 0.800 bits per heavy atom. The summed E-state index contributed by atoms with van der Waals surface area (Å²) in [7, 11) is 0. The normalized spacial score (nSPS) is 16.3. The van der Waals surface area contributed by atoms with E-state index in [-0.39, 0.29) is 35.6 Å². The van der Waals surface area contributed by atoms with Gasteiger partial charge in [0, 0.05) is 0 Å². The summed E-state index contributed by atoms with van der Waals surface area (Å²) in [5.74, 6) is 0. The number of allylic oxidation sites excluding steroid dienone is 4. The summed E-state index contributed by atoms with van der Waals surface area (Å²) in [4.78, 5) is 0. The van der Waals surface area contributed by atoms with E-state index < -0.39 is 0 Å². The Kier molecular flexibility index (Phi) is 10.6. The molecule has 3 aliphatic carbocycles. The van der Waals surface area contributed by atoms with Crippen molar-refractivity contribution in [3.05, 3.63) is 76.4 Å². The molecular formula is C32H39Cl2Zr-. The Hall–Kier alpha value is -0.747. The molecule has 0 spiro atoms. The molecule has 0 atom stereocenters. The van der Waals surface area contributed by atoms with Crippen molar-refractivity contribution >= 4 is 8.78 Å². The van der Waals surface area contributed by atoms with E-state index in [2.05, 4.69) is 90.1 Å². The van der Waals surface area contributed by atoms with E-state index in [0.717, 1.165) is 12.8 Å². The van der Waals surface area contributed by atoms with Gasteiger partial charge in [0.05, 0.1) is 0 Å². The second-order valence-corrected chi connectivity index (χ2v) is 13.7. The van der Waals surface area contributed by atoms with Gasteiger partial charge in [0.2, 0.25) is 0 Å². The zero-order valence-electron chi connectivity index (χ0n) is 22.2. The maximum atomic E-state index is 3.85. The molecule has 0 aromatic heterocycles. The quantitative estimate of drug-likeness (QED) is 0.386. The van der Waals surface area contributed by atoms with Crippen molar-refractivity contribution in [3.8, 4) is 11.1 Å². The number of fused-ring (bicyclic) bond motifs is 3. The van der Waals surface area contributed by atoms with Gasteiger partial charge < -0.3 is 24.8 Å². The zero-order chi connectivity index (χ0) is 23.8. The predicted molar refractivity (Wildman–Crippen MR) is 141 cm³/mol. The Morgan fingerprint density at radius 2 is 1.49 bits per heavy atom. The molecule has 0 bridgehead atoms. The first-order valence-corrected chi connectivity index (χ1v) is 13.9. The van der Waals surface area contributed by atoms with E-state index in [4.69, 9.17) is 0 Å². The van der Waals surface area contributed by atoms with Crippen LogP contribution in [0.3, 0.4) is 0 Å². The van der Waals surface area contributed by atoms with Crippen molar-refractivity contribution < 1.29 is 49.0 Å². The van der Waals surface area contributed by atoms with E-state index in [1.165, 1.54) is 76.6 Å². The standard InChI is InChI=1S/C26H29.C6H10.2ClH.Zr/c1-25(2,3)20-11-12-21-18(14-20)13-19-15-24(26(4,5)6)23(16-22(19)21)17-9-7-8-10-17;1-2-4-6-5-3-1;;;/h7-9,11-12,14,16H,10,13H2,1-6H3;1-5H2;2*1H;/q-1;;;;+2/p-2. The topological polar surface area (TPSA) is 0 Å². The molecule has 2 aromatic rings. The second-order valence-electron chi connectivity index (χ2n) is 12.0. The van der Waals surface area contributed by atoms with Gasteiger partial charge in [-0.05, 0) is 34.8 Å². The van der Waals surface area contributed by atoms with Crippen molar-refractivity contribution in [2.24, 2.45) is 0 Å². The first-order valence-electron chi connectivity index (χ1n) is 12.7. The minimum absolute atomic E-state index is 0. The Bertz CT molecular complexity index is 1120. The van der Waals surface area contributed by atoms with Crippen LogP contribution < -0.4 is 24.8 Å². The summed E-state index contributed by atoms with van der Waals surface area (Å²) >= 11 is 1.69. The van der Waals surface area contributed by atoms with Gasteiger partial charge in [-0.25, -0.2) is 0 Å². The average molecular weight is 586 g/mol. The first-order chi connectivity index (χ1) is 15.5. The Morgan fingerprint density at radius 3 is 2.00 bits per heavy atom.